The summed E-state index contributed by atoms with van der Waals surface area (Å²) in [5.74, 6) is -1.23. The molecule has 0 aliphatic heterocycles. The van der Waals surface area contributed by atoms with Gasteiger partial charge in [-0.05, 0) is 37.3 Å². The number of hydrogen-bond donors (Lipinski definition) is 1. The molecule has 4 nitrogen and oxygen atoms in total. The fraction of sp³-hybridized carbons (Fsp3) is 0.556. The normalized spacial score (nSPS) is 12.2. The minimum absolute atomic E-state index is 0.00986. The van der Waals surface area contributed by atoms with Crippen molar-refractivity contribution in [2.24, 2.45) is 5.92 Å². The first-order valence-electron chi connectivity index (χ1n) is 7.99. The Morgan fingerprint density at radius 1 is 1.14 bits per heavy atom. The van der Waals surface area contributed by atoms with Crippen LogP contribution in [-0.2, 0) is 4.74 Å². The number of hydrogen-bond acceptors (Lipinski definition) is 3. The van der Waals surface area contributed by atoms with Gasteiger partial charge in [0.2, 0.25) is 0 Å². The van der Waals surface area contributed by atoms with E-state index in [2.05, 4.69) is 20.8 Å². The standard InChI is InChI=1S/C18H26O4/c1-4-5-6-9-14(12-13(2)3)22-18(21)16-11-8-7-10-15(16)17(19)20/h7-8,10-11,13-14H,4-6,9,12H2,1-3H3,(H,19,20)/t14-/m1/s1. The zero-order valence-electron chi connectivity index (χ0n) is 13.7. The minimum atomic E-state index is -1.11. The molecular weight excluding hydrogens is 280 g/mol. The van der Waals surface area contributed by atoms with Crippen LogP contribution in [0.3, 0.4) is 0 Å². The van der Waals surface area contributed by atoms with Crippen LogP contribution < -0.4 is 0 Å². The average molecular weight is 306 g/mol. The third-order valence-corrected chi connectivity index (χ3v) is 3.52. The van der Waals surface area contributed by atoms with Gasteiger partial charge in [-0.25, -0.2) is 9.59 Å². The number of esters is 1. The SMILES string of the molecule is CCCCC[C@H](CC(C)C)OC(=O)c1ccccc1C(=O)O. The highest BCUT2D eigenvalue weighted by Gasteiger charge is 2.21. The van der Waals surface area contributed by atoms with Crippen molar-refractivity contribution in [2.75, 3.05) is 0 Å². The lowest BCUT2D eigenvalue weighted by atomic mass is 10.0. The predicted octanol–water partition coefficient (Wildman–Crippen LogP) is 4.54. The van der Waals surface area contributed by atoms with Gasteiger partial charge < -0.3 is 9.84 Å². The van der Waals surface area contributed by atoms with E-state index in [0.29, 0.717) is 5.92 Å². The van der Waals surface area contributed by atoms with Gasteiger partial charge in [0.1, 0.15) is 6.10 Å². The van der Waals surface area contributed by atoms with Crippen molar-refractivity contribution in [1.29, 1.82) is 0 Å². The van der Waals surface area contributed by atoms with E-state index in [9.17, 15) is 9.59 Å². The first-order chi connectivity index (χ1) is 10.5. The maximum absolute atomic E-state index is 12.3. The summed E-state index contributed by atoms with van der Waals surface area (Å²) >= 11 is 0. The molecule has 1 aromatic rings. The molecular formula is C18H26O4. The second-order valence-electron chi connectivity index (χ2n) is 6.00. The van der Waals surface area contributed by atoms with Crippen LogP contribution in [-0.4, -0.2) is 23.1 Å². The summed E-state index contributed by atoms with van der Waals surface area (Å²) in [6, 6.07) is 6.18. The van der Waals surface area contributed by atoms with Crippen LogP contribution >= 0.6 is 0 Å². The number of carboxylic acids is 1. The predicted molar refractivity (Wildman–Crippen MR) is 86.2 cm³/mol. The number of carbonyl (C=O) groups excluding carboxylic acids is 1. The molecule has 122 valence electrons. The van der Waals surface area contributed by atoms with E-state index in [1.165, 1.54) is 12.1 Å². The largest absolute Gasteiger partial charge is 0.478 e. The van der Waals surface area contributed by atoms with E-state index in [1.807, 2.05) is 0 Å². The van der Waals surface area contributed by atoms with E-state index >= 15 is 0 Å². The van der Waals surface area contributed by atoms with Crippen molar-refractivity contribution in [3.8, 4) is 0 Å². The van der Waals surface area contributed by atoms with Crippen LogP contribution in [0.25, 0.3) is 0 Å². The van der Waals surface area contributed by atoms with Gasteiger partial charge >= 0.3 is 11.9 Å². The van der Waals surface area contributed by atoms with Gasteiger partial charge in [0, 0.05) is 0 Å². The third-order valence-electron chi connectivity index (χ3n) is 3.52. The fourth-order valence-electron chi connectivity index (χ4n) is 2.44. The van der Waals surface area contributed by atoms with Crippen molar-refractivity contribution < 1.29 is 19.4 Å². The molecule has 1 rings (SSSR count). The molecule has 4 heteroatoms. The Hall–Kier alpha value is -1.84. The molecule has 0 radical (unpaired) electrons. The molecule has 0 amide bonds. The zero-order chi connectivity index (χ0) is 16.5. The van der Waals surface area contributed by atoms with E-state index in [0.717, 1.165) is 32.1 Å². The molecule has 0 fully saturated rings. The van der Waals surface area contributed by atoms with Crippen molar-refractivity contribution in [3.05, 3.63) is 35.4 Å². The maximum Gasteiger partial charge on any atom is 0.339 e. The van der Waals surface area contributed by atoms with E-state index in [-0.39, 0.29) is 17.2 Å². The summed E-state index contributed by atoms with van der Waals surface area (Å²) in [4.78, 5) is 23.5. The summed E-state index contributed by atoms with van der Waals surface area (Å²) < 4.78 is 5.58. The highest BCUT2D eigenvalue weighted by molar-refractivity contribution is 6.02. The third kappa shape index (κ3) is 5.88. The second kappa shape index (κ2) is 9.23. The van der Waals surface area contributed by atoms with E-state index in [4.69, 9.17) is 9.84 Å². The number of benzene rings is 1. The number of unbranched alkanes of at least 4 members (excludes halogenated alkanes) is 2. The van der Waals surface area contributed by atoms with Gasteiger partial charge in [0.25, 0.3) is 0 Å². The molecule has 0 saturated carbocycles. The smallest absolute Gasteiger partial charge is 0.339 e. The molecule has 0 unspecified atom stereocenters. The summed E-state index contributed by atoms with van der Waals surface area (Å²) in [5, 5.41) is 9.16. The first-order valence-corrected chi connectivity index (χ1v) is 7.99. The molecule has 0 aromatic heterocycles. The van der Waals surface area contributed by atoms with Crippen molar-refractivity contribution in [1.82, 2.24) is 0 Å². The van der Waals surface area contributed by atoms with Crippen LogP contribution in [0.15, 0.2) is 24.3 Å². The summed E-state index contributed by atoms with van der Waals surface area (Å²) in [6.07, 6.45) is 4.71. The quantitative estimate of drug-likeness (QED) is 0.537. The molecule has 0 aliphatic rings. The topological polar surface area (TPSA) is 63.6 Å². The molecule has 0 spiro atoms. The highest BCUT2D eigenvalue weighted by atomic mass is 16.5. The van der Waals surface area contributed by atoms with Crippen LogP contribution in [0.5, 0.6) is 0 Å². The van der Waals surface area contributed by atoms with Gasteiger partial charge in [-0.15, -0.1) is 0 Å². The van der Waals surface area contributed by atoms with E-state index < -0.39 is 11.9 Å². The van der Waals surface area contributed by atoms with Crippen molar-refractivity contribution in [2.45, 2.75) is 59.0 Å². The highest BCUT2D eigenvalue weighted by Crippen LogP contribution is 2.19. The zero-order valence-corrected chi connectivity index (χ0v) is 13.7. The summed E-state index contributed by atoms with van der Waals surface area (Å²) in [6.45, 7) is 6.31. The Morgan fingerprint density at radius 2 is 1.77 bits per heavy atom. The van der Waals surface area contributed by atoms with Gasteiger partial charge in [0.05, 0.1) is 11.1 Å². The van der Waals surface area contributed by atoms with Crippen LogP contribution in [0, 0.1) is 5.92 Å². The van der Waals surface area contributed by atoms with Crippen LogP contribution in [0.1, 0.15) is 73.6 Å². The van der Waals surface area contributed by atoms with Gasteiger partial charge in [-0.1, -0.05) is 45.7 Å². The Balaban J connectivity index is 2.79. The number of carbonyl (C=O) groups is 2. The second-order valence-corrected chi connectivity index (χ2v) is 6.00. The molecule has 0 bridgehead atoms. The molecule has 1 aromatic carbocycles. The lowest BCUT2D eigenvalue weighted by Gasteiger charge is -2.20. The monoisotopic (exact) mass is 306 g/mol. The van der Waals surface area contributed by atoms with Gasteiger partial charge in [-0.3, -0.25) is 0 Å². The average Bonchev–Trinajstić information content (AvgIpc) is 2.46. The summed E-state index contributed by atoms with van der Waals surface area (Å²) in [5.41, 5.74) is 0.114. The lowest BCUT2D eigenvalue weighted by molar-refractivity contribution is 0.0221. The van der Waals surface area contributed by atoms with Crippen LogP contribution in [0.2, 0.25) is 0 Å². The number of rotatable bonds is 9. The fourth-order valence-corrected chi connectivity index (χ4v) is 2.44. The Morgan fingerprint density at radius 3 is 2.32 bits per heavy atom. The molecule has 0 heterocycles. The molecule has 1 N–H and O–H groups in total. The Labute approximate surface area is 132 Å². The number of aromatic carboxylic acids is 1. The number of ether oxygens (including phenoxy) is 1. The molecule has 0 aliphatic carbocycles. The Bertz CT molecular complexity index is 494. The Kier molecular flexibility index (Phi) is 7.64. The number of carboxylic acid groups (broad SMARTS) is 1. The van der Waals surface area contributed by atoms with Crippen molar-refractivity contribution >= 4 is 11.9 Å². The van der Waals surface area contributed by atoms with E-state index in [1.54, 1.807) is 12.1 Å². The molecule has 1 atom stereocenters. The molecule has 22 heavy (non-hydrogen) atoms. The van der Waals surface area contributed by atoms with Gasteiger partial charge in [0.15, 0.2) is 0 Å². The van der Waals surface area contributed by atoms with Crippen LogP contribution in [0.4, 0.5) is 0 Å². The summed E-state index contributed by atoms with van der Waals surface area (Å²) in [7, 11) is 0. The molecule has 0 saturated heterocycles. The first kappa shape index (κ1) is 18.2. The van der Waals surface area contributed by atoms with Crippen molar-refractivity contribution in [3.63, 3.8) is 0 Å². The minimum Gasteiger partial charge on any atom is -0.478 e. The van der Waals surface area contributed by atoms with Gasteiger partial charge in [-0.2, -0.15) is 0 Å². The lowest BCUT2D eigenvalue weighted by Crippen LogP contribution is -2.22. The maximum atomic E-state index is 12.3.